The molecule has 0 aliphatic rings. The number of aryl methyl sites for hydroxylation is 1. The van der Waals surface area contributed by atoms with Crippen molar-refractivity contribution in [2.24, 2.45) is 5.73 Å². The lowest BCUT2D eigenvalue weighted by atomic mass is 10.1. The minimum absolute atomic E-state index is 0.427. The highest BCUT2D eigenvalue weighted by atomic mass is 32.1. The molecule has 3 nitrogen and oxygen atoms in total. The largest absolute Gasteiger partial charge is 0.389 e. The van der Waals surface area contributed by atoms with Crippen molar-refractivity contribution in [1.82, 2.24) is 4.98 Å². The number of aromatic nitrogens is 1. The van der Waals surface area contributed by atoms with Crippen LogP contribution < -0.4 is 10.6 Å². The molecule has 0 atom stereocenters. The topological polar surface area (TPSA) is 42.2 Å². The van der Waals surface area contributed by atoms with Gasteiger partial charge in [0.15, 0.2) is 0 Å². The summed E-state index contributed by atoms with van der Waals surface area (Å²) < 4.78 is 0. The lowest BCUT2D eigenvalue weighted by Gasteiger charge is -2.25. The van der Waals surface area contributed by atoms with Crippen LogP contribution in [0.2, 0.25) is 0 Å². The molecule has 2 aromatic rings. The van der Waals surface area contributed by atoms with Gasteiger partial charge in [-0.05, 0) is 38.1 Å². The van der Waals surface area contributed by atoms with Crippen LogP contribution in [0, 0.1) is 6.92 Å². The molecule has 0 radical (unpaired) electrons. The van der Waals surface area contributed by atoms with Crippen molar-refractivity contribution in [3.63, 3.8) is 0 Å². The number of thiocarbonyl (C=S) groups is 1. The van der Waals surface area contributed by atoms with E-state index in [9.17, 15) is 0 Å². The van der Waals surface area contributed by atoms with Crippen molar-refractivity contribution in [3.05, 3.63) is 59.4 Å². The van der Waals surface area contributed by atoms with Crippen LogP contribution in [0.4, 0.5) is 5.69 Å². The molecular formula is C16H19N3S. The van der Waals surface area contributed by atoms with E-state index in [0.29, 0.717) is 4.99 Å². The lowest BCUT2D eigenvalue weighted by molar-refractivity contribution is 0.805. The van der Waals surface area contributed by atoms with E-state index in [1.165, 1.54) is 0 Å². The van der Waals surface area contributed by atoms with Crippen LogP contribution in [-0.4, -0.2) is 16.5 Å². The normalized spacial score (nSPS) is 10.3. The molecule has 0 unspecified atom stereocenters. The van der Waals surface area contributed by atoms with Gasteiger partial charge in [-0.25, -0.2) is 0 Å². The summed E-state index contributed by atoms with van der Waals surface area (Å²) in [6.45, 7) is 5.74. The first-order valence-electron chi connectivity index (χ1n) is 6.68. The maximum atomic E-state index is 5.81. The van der Waals surface area contributed by atoms with E-state index in [2.05, 4.69) is 16.8 Å². The van der Waals surface area contributed by atoms with Gasteiger partial charge in [0, 0.05) is 23.5 Å². The Balaban J connectivity index is 2.31. The summed E-state index contributed by atoms with van der Waals surface area (Å²) in [7, 11) is 0. The molecule has 2 rings (SSSR count). The number of para-hydroxylation sites is 1. The van der Waals surface area contributed by atoms with Crippen LogP contribution in [0.15, 0.2) is 42.5 Å². The first-order chi connectivity index (χ1) is 9.61. The van der Waals surface area contributed by atoms with Crippen molar-refractivity contribution in [1.29, 1.82) is 0 Å². The number of pyridine rings is 1. The predicted molar refractivity (Wildman–Crippen MR) is 88.0 cm³/mol. The number of hydrogen-bond acceptors (Lipinski definition) is 3. The van der Waals surface area contributed by atoms with E-state index in [1.54, 1.807) is 0 Å². The Morgan fingerprint density at radius 1 is 1.20 bits per heavy atom. The van der Waals surface area contributed by atoms with E-state index >= 15 is 0 Å². The average Bonchev–Trinajstić information content (AvgIpc) is 2.45. The third-order valence-electron chi connectivity index (χ3n) is 3.19. The molecule has 1 heterocycles. The van der Waals surface area contributed by atoms with Crippen LogP contribution in [0.1, 0.15) is 23.9 Å². The fraction of sp³-hybridized carbons (Fsp3) is 0.250. The van der Waals surface area contributed by atoms with Gasteiger partial charge in [-0.15, -0.1) is 0 Å². The molecule has 2 N–H and O–H groups in total. The molecule has 0 fully saturated rings. The molecule has 104 valence electrons. The zero-order valence-electron chi connectivity index (χ0n) is 11.8. The molecule has 0 amide bonds. The third kappa shape index (κ3) is 3.33. The SMILES string of the molecule is CCN(Cc1cccc(C)n1)c1ccccc1C(N)=S. The number of anilines is 1. The molecule has 0 aliphatic carbocycles. The Kier molecular flexibility index (Phi) is 4.69. The molecule has 0 bridgehead atoms. The van der Waals surface area contributed by atoms with E-state index in [-0.39, 0.29) is 0 Å². The quantitative estimate of drug-likeness (QED) is 0.857. The Morgan fingerprint density at radius 2 is 1.95 bits per heavy atom. The Hall–Kier alpha value is -1.94. The van der Waals surface area contributed by atoms with Crippen molar-refractivity contribution in [2.75, 3.05) is 11.4 Å². The second-order valence-corrected chi connectivity index (χ2v) is 5.11. The van der Waals surface area contributed by atoms with Gasteiger partial charge in [-0.3, -0.25) is 4.98 Å². The zero-order chi connectivity index (χ0) is 14.5. The summed E-state index contributed by atoms with van der Waals surface area (Å²) in [6, 6.07) is 14.0. The van der Waals surface area contributed by atoms with Gasteiger partial charge in [0.25, 0.3) is 0 Å². The van der Waals surface area contributed by atoms with Crippen molar-refractivity contribution < 1.29 is 0 Å². The second-order valence-electron chi connectivity index (χ2n) is 4.67. The van der Waals surface area contributed by atoms with Crippen molar-refractivity contribution in [2.45, 2.75) is 20.4 Å². The van der Waals surface area contributed by atoms with Gasteiger partial charge in [0.2, 0.25) is 0 Å². The number of rotatable bonds is 5. The van der Waals surface area contributed by atoms with Gasteiger partial charge >= 0.3 is 0 Å². The standard InChI is InChI=1S/C16H19N3S/c1-3-19(11-13-8-6-7-12(2)18-13)15-10-5-4-9-14(15)16(17)20/h4-10H,3,11H2,1-2H3,(H2,17,20). The highest BCUT2D eigenvalue weighted by Crippen LogP contribution is 2.22. The van der Waals surface area contributed by atoms with E-state index < -0.39 is 0 Å². The first-order valence-corrected chi connectivity index (χ1v) is 7.09. The van der Waals surface area contributed by atoms with Gasteiger partial charge in [0.05, 0.1) is 12.2 Å². The van der Waals surface area contributed by atoms with Crippen LogP contribution in [0.25, 0.3) is 0 Å². The van der Waals surface area contributed by atoms with Crippen LogP contribution in [-0.2, 0) is 6.54 Å². The smallest absolute Gasteiger partial charge is 0.106 e. The highest BCUT2D eigenvalue weighted by molar-refractivity contribution is 7.80. The van der Waals surface area contributed by atoms with Crippen LogP contribution >= 0.6 is 12.2 Å². The zero-order valence-corrected chi connectivity index (χ0v) is 12.7. The minimum atomic E-state index is 0.427. The molecule has 0 aliphatic heterocycles. The van der Waals surface area contributed by atoms with Gasteiger partial charge in [-0.2, -0.15) is 0 Å². The molecule has 0 spiro atoms. The van der Waals surface area contributed by atoms with Gasteiger partial charge < -0.3 is 10.6 Å². The third-order valence-corrected chi connectivity index (χ3v) is 3.41. The summed E-state index contributed by atoms with van der Waals surface area (Å²) in [5.74, 6) is 0. The van der Waals surface area contributed by atoms with Crippen molar-refractivity contribution >= 4 is 22.9 Å². The molecule has 20 heavy (non-hydrogen) atoms. The first kappa shape index (κ1) is 14.5. The van der Waals surface area contributed by atoms with E-state index in [4.69, 9.17) is 18.0 Å². The lowest BCUT2D eigenvalue weighted by Crippen LogP contribution is -2.26. The second kappa shape index (κ2) is 6.48. The van der Waals surface area contributed by atoms with E-state index in [1.807, 2.05) is 49.4 Å². The summed E-state index contributed by atoms with van der Waals surface area (Å²) in [6.07, 6.45) is 0. The maximum Gasteiger partial charge on any atom is 0.106 e. The van der Waals surface area contributed by atoms with Gasteiger partial charge in [0.1, 0.15) is 4.99 Å². The number of nitrogens with zero attached hydrogens (tertiary/aromatic N) is 2. The van der Waals surface area contributed by atoms with Crippen LogP contribution in [0.5, 0.6) is 0 Å². The summed E-state index contributed by atoms with van der Waals surface area (Å²) in [5.41, 5.74) is 9.86. The maximum absolute atomic E-state index is 5.81. The van der Waals surface area contributed by atoms with Crippen molar-refractivity contribution in [3.8, 4) is 0 Å². The molecule has 1 aromatic carbocycles. The highest BCUT2D eigenvalue weighted by Gasteiger charge is 2.12. The van der Waals surface area contributed by atoms with Crippen LogP contribution in [0.3, 0.4) is 0 Å². The minimum Gasteiger partial charge on any atom is -0.389 e. The average molecular weight is 285 g/mol. The number of nitrogens with two attached hydrogens (primary N) is 1. The molecular weight excluding hydrogens is 266 g/mol. The summed E-state index contributed by atoms with van der Waals surface area (Å²) >= 11 is 5.14. The summed E-state index contributed by atoms with van der Waals surface area (Å²) in [4.78, 5) is 7.21. The number of benzene rings is 1. The fourth-order valence-electron chi connectivity index (χ4n) is 2.21. The fourth-order valence-corrected chi connectivity index (χ4v) is 2.38. The summed E-state index contributed by atoms with van der Waals surface area (Å²) in [5, 5.41) is 0. The molecule has 0 saturated carbocycles. The molecule has 4 heteroatoms. The molecule has 0 saturated heterocycles. The monoisotopic (exact) mass is 285 g/mol. The Bertz CT molecular complexity index is 610. The van der Waals surface area contributed by atoms with E-state index in [0.717, 1.165) is 35.7 Å². The van der Waals surface area contributed by atoms with Gasteiger partial charge in [-0.1, -0.05) is 30.4 Å². The predicted octanol–water partition coefficient (Wildman–Crippen LogP) is 3.05. The molecule has 1 aromatic heterocycles. The number of hydrogen-bond donors (Lipinski definition) is 1. The Morgan fingerprint density at radius 3 is 2.60 bits per heavy atom. The Labute approximate surface area is 125 Å².